The number of hydrogen-bond donors (Lipinski definition) is 6. The molecule has 2 amide bonds. The number of anilines is 2. The van der Waals surface area contributed by atoms with Crippen LogP contribution in [-0.2, 0) is 22.7 Å². The number of carboxylic acid groups (broad SMARTS) is 2. The minimum absolute atomic E-state index is 0. The van der Waals surface area contributed by atoms with E-state index >= 15 is 0 Å². The fraction of sp³-hybridized carbons (Fsp3) is 0.281. The van der Waals surface area contributed by atoms with Crippen molar-refractivity contribution in [1.29, 1.82) is 0 Å². The van der Waals surface area contributed by atoms with Crippen LogP contribution in [-0.4, -0.2) is 125 Å². The Morgan fingerprint density at radius 1 is 0.482 bits per heavy atom. The van der Waals surface area contributed by atoms with Gasteiger partial charge in [-0.25, -0.2) is 18.7 Å². The Balaban J connectivity index is 0.000000263. The Labute approximate surface area is 510 Å². The van der Waals surface area contributed by atoms with Gasteiger partial charge in [0, 0.05) is 72.8 Å². The largest absolute Gasteiger partial charge is 2.00 e. The maximum atomic E-state index is 14.0. The molecule has 8 rings (SSSR count). The summed E-state index contributed by atoms with van der Waals surface area (Å²) in [6, 6.07) is 41.3. The van der Waals surface area contributed by atoms with Gasteiger partial charge in [0.05, 0.1) is 46.9 Å². The van der Waals surface area contributed by atoms with Gasteiger partial charge in [0.15, 0.2) is 0 Å². The van der Waals surface area contributed by atoms with Crippen molar-refractivity contribution in [1.82, 2.24) is 19.1 Å². The number of hydrogen-bond acceptors (Lipinski definition) is 12. The number of nitrogens with one attached hydrogen (secondary N) is 2. The van der Waals surface area contributed by atoms with Gasteiger partial charge in [-0.15, -0.1) is 0 Å². The van der Waals surface area contributed by atoms with Gasteiger partial charge in [-0.05, 0) is 133 Å². The molecule has 0 aliphatic rings. The average Bonchev–Trinajstić information content (AvgIpc) is 3.14. The number of aliphatic hydroxyl groups excluding tert-OH is 4. The van der Waals surface area contributed by atoms with Crippen LogP contribution in [0.1, 0.15) is 110 Å². The number of aliphatic carboxylic acids is 2. The molecule has 8 aromatic rings. The molecule has 0 spiro atoms. The van der Waals surface area contributed by atoms with Crippen LogP contribution < -0.4 is 20.8 Å². The molecule has 6 N–H and O–H groups in total. The molecule has 16 nitrogen and oxygen atoms in total. The number of carbonyl (C=O) groups excluding carboxylic acids is 4. The molecule has 0 radical (unpaired) electrons. The Hall–Kier alpha value is -7.42. The molecule has 4 atom stereocenters. The fourth-order valence-corrected chi connectivity index (χ4v) is 10.2. The van der Waals surface area contributed by atoms with E-state index in [0.717, 1.165) is 11.1 Å². The first-order valence-corrected chi connectivity index (χ1v) is 27.0. The van der Waals surface area contributed by atoms with Crippen LogP contribution in [0.15, 0.2) is 158 Å². The molecule has 4 aromatic carbocycles. The Bertz CT molecular complexity index is 3180. The normalized spacial score (nSPS) is 12.6. The number of rotatable bonds is 24. The molecule has 0 saturated carbocycles. The Kier molecular flexibility index (Phi) is 24.0. The second kappa shape index (κ2) is 30.8. The zero-order chi connectivity index (χ0) is 59.0. The van der Waals surface area contributed by atoms with E-state index in [-0.39, 0.29) is 100 Å². The summed E-state index contributed by atoms with van der Waals surface area (Å²) in [7, 11) is 0. The number of carboxylic acids is 2. The third-order valence-electron chi connectivity index (χ3n) is 13.6. The van der Waals surface area contributed by atoms with Gasteiger partial charge in [-0.1, -0.05) is 100 Å². The molecule has 0 bridgehead atoms. The molecular formula is C64H66CaF2N6O10. The van der Waals surface area contributed by atoms with Gasteiger partial charge in [-0.2, -0.15) is 0 Å². The number of pyridine rings is 2. The monoisotopic (exact) mass is 1160 g/mol. The standard InChI is InChI=1S/2C32H34FN3O5.Ca/c2*1-20(2)30-29(32(41)35-26-10-6-7-16-34-26)28(21-8-4-3-5-9-21)31(22-11-13-23(33)14-12-22)36(30)17-15-24(37)18-25(38)19-27(39)40;/h2*3-14,16,20,24-25,37-38H,15,17-19H2,1-2H3,(H,39,40)(H,34,35,41);/q;;+2/p-2/t2*24-,25-;/m11./s1. The number of carbonyl (C=O) groups is 4. The first kappa shape index (κ1) is 64.7. The Morgan fingerprint density at radius 3 is 1.12 bits per heavy atom. The predicted molar refractivity (Wildman–Crippen MR) is 311 cm³/mol. The molecule has 0 saturated heterocycles. The first-order valence-electron chi connectivity index (χ1n) is 27.0. The van der Waals surface area contributed by atoms with E-state index < -0.39 is 60.8 Å². The van der Waals surface area contributed by atoms with Gasteiger partial charge in [0.25, 0.3) is 11.8 Å². The first-order chi connectivity index (χ1) is 39.3. The van der Waals surface area contributed by atoms with Gasteiger partial charge in [-0.3, -0.25) is 9.59 Å². The average molecular weight is 1160 g/mol. The van der Waals surface area contributed by atoms with Crippen LogP contribution in [0.2, 0.25) is 0 Å². The fourth-order valence-electron chi connectivity index (χ4n) is 10.2. The van der Waals surface area contributed by atoms with Crippen LogP contribution in [0.3, 0.4) is 0 Å². The molecule has 0 fully saturated rings. The van der Waals surface area contributed by atoms with Gasteiger partial charge in [0.1, 0.15) is 23.3 Å². The van der Waals surface area contributed by atoms with Crippen molar-refractivity contribution < 1.29 is 58.6 Å². The van der Waals surface area contributed by atoms with Gasteiger partial charge >= 0.3 is 37.7 Å². The number of aliphatic hydroxyl groups is 4. The predicted octanol–water partition coefficient (Wildman–Crippen LogP) is 8.37. The second-order valence-corrected chi connectivity index (χ2v) is 20.5. The number of halogens is 2. The summed E-state index contributed by atoms with van der Waals surface area (Å²) in [6.45, 7) is 8.35. The minimum atomic E-state index is -1.40. The Morgan fingerprint density at radius 2 is 0.819 bits per heavy atom. The zero-order valence-corrected chi connectivity index (χ0v) is 48.8. The van der Waals surface area contributed by atoms with Crippen molar-refractivity contribution in [2.75, 3.05) is 10.6 Å². The molecular weight excluding hydrogens is 1090 g/mol. The van der Waals surface area contributed by atoms with Crippen molar-refractivity contribution in [2.24, 2.45) is 0 Å². The molecule has 83 heavy (non-hydrogen) atoms. The quantitative estimate of drug-likeness (QED) is 0.0312. The van der Waals surface area contributed by atoms with E-state index in [4.69, 9.17) is 0 Å². The third-order valence-corrected chi connectivity index (χ3v) is 13.6. The molecule has 0 unspecified atom stereocenters. The second-order valence-electron chi connectivity index (χ2n) is 20.5. The molecule has 4 heterocycles. The van der Waals surface area contributed by atoms with Crippen molar-refractivity contribution >= 4 is 73.1 Å². The van der Waals surface area contributed by atoms with Crippen LogP contribution in [0, 0.1) is 11.6 Å². The van der Waals surface area contributed by atoms with Crippen LogP contribution in [0.25, 0.3) is 44.8 Å². The summed E-state index contributed by atoms with van der Waals surface area (Å²) in [6.07, 6.45) is -2.45. The summed E-state index contributed by atoms with van der Waals surface area (Å²) in [4.78, 5) is 58.2. The molecule has 4 aromatic heterocycles. The van der Waals surface area contributed by atoms with Crippen molar-refractivity contribution in [3.05, 3.63) is 192 Å². The third kappa shape index (κ3) is 17.3. The molecule has 0 aliphatic carbocycles. The van der Waals surface area contributed by atoms with E-state index in [9.17, 15) is 58.6 Å². The van der Waals surface area contributed by atoms with E-state index in [1.165, 1.54) is 24.3 Å². The van der Waals surface area contributed by atoms with Gasteiger partial charge < -0.3 is 60.0 Å². The SMILES string of the molecule is CC(C)c1c(C(=O)Nc2ccccn2)c(-c2ccccc2)c(-c2ccc(F)cc2)n1CC[C@@H](O)C[C@@H](O)CC(=O)[O-].CC(C)c1c(C(=O)Nc2ccccn2)c(-c2ccccc2)c(-c2ccc(F)cc2)n1CC[C@@H](O)C[C@@H](O)CC(=O)[O-].[Ca+2]. The van der Waals surface area contributed by atoms with Crippen molar-refractivity contribution in [3.8, 4) is 44.8 Å². The maximum absolute atomic E-state index is 14.0. The van der Waals surface area contributed by atoms with Gasteiger partial charge in [0.2, 0.25) is 0 Å². The van der Waals surface area contributed by atoms with E-state index in [1.54, 1.807) is 73.1 Å². The number of amides is 2. The van der Waals surface area contributed by atoms with E-state index in [1.807, 2.05) is 97.5 Å². The maximum Gasteiger partial charge on any atom is 2.00 e. The van der Waals surface area contributed by atoms with Crippen LogP contribution in [0.4, 0.5) is 20.4 Å². The van der Waals surface area contributed by atoms with Crippen molar-refractivity contribution in [2.45, 2.75) is 116 Å². The van der Waals surface area contributed by atoms with E-state index in [0.29, 0.717) is 67.8 Å². The summed E-state index contributed by atoms with van der Waals surface area (Å²) in [5, 5.41) is 69.0. The van der Waals surface area contributed by atoms with E-state index in [2.05, 4.69) is 20.6 Å². The smallest absolute Gasteiger partial charge is 0.550 e. The number of benzene rings is 4. The summed E-state index contributed by atoms with van der Waals surface area (Å²) in [5.74, 6) is -3.83. The van der Waals surface area contributed by atoms with Crippen molar-refractivity contribution in [3.63, 3.8) is 0 Å². The summed E-state index contributed by atoms with van der Waals surface area (Å²) in [5.41, 5.74) is 7.85. The van der Waals surface area contributed by atoms with Crippen LogP contribution >= 0.6 is 0 Å². The summed E-state index contributed by atoms with van der Waals surface area (Å²) < 4.78 is 31.9. The number of nitrogens with zero attached hydrogens (tertiary/aromatic N) is 4. The van der Waals surface area contributed by atoms with Crippen LogP contribution in [0.5, 0.6) is 0 Å². The molecule has 0 aliphatic heterocycles. The zero-order valence-electron chi connectivity index (χ0n) is 46.6. The number of aromatic nitrogens is 4. The minimum Gasteiger partial charge on any atom is -0.550 e. The summed E-state index contributed by atoms with van der Waals surface area (Å²) >= 11 is 0. The topological polar surface area (TPSA) is 255 Å². The molecule has 19 heteroatoms. The molecule has 428 valence electrons.